The van der Waals surface area contributed by atoms with E-state index in [0.29, 0.717) is 37.8 Å². The highest BCUT2D eigenvalue weighted by Crippen LogP contribution is 2.37. The molecule has 0 aliphatic heterocycles. The molecule has 5 aromatic rings. The minimum Gasteiger partial charge on any atom is -0.487 e. The molecule has 0 aliphatic rings. The van der Waals surface area contributed by atoms with Crippen LogP contribution in [-0.2, 0) is 4.74 Å². The van der Waals surface area contributed by atoms with Crippen LogP contribution in [0.2, 0.25) is 0 Å². The first-order valence-corrected chi connectivity index (χ1v) is 12.8. The molecule has 5 rings (SSSR count). The Labute approximate surface area is 231 Å². The Kier molecular flexibility index (Phi) is 7.38. The zero-order chi connectivity index (χ0) is 28.4. The lowest BCUT2D eigenvalue weighted by molar-refractivity contribution is 0.0844. The molecule has 3 heterocycles. The van der Waals surface area contributed by atoms with Crippen molar-refractivity contribution in [3.63, 3.8) is 0 Å². The predicted molar refractivity (Wildman–Crippen MR) is 147 cm³/mol. The maximum absolute atomic E-state index is 14.9. The van der Waals surface area contributed by atoms with E-state index >= 15 is 0 Å². The maximum Gasteiger partial charge on any atom is 0.412 e. The van der Waals surface area contributed by atoms with Crippen LogP contribution in [-0.4, -0.2) is 51.8 Å². The van der Waals surface area contributed by atoms with Gasteiger partial charge in [0.2, 0.25) is 5.88 Å². The Morgan fingerprint density at radius 1 is 1.10 bits per heavy atom. The summed E-state index contributed by atoms with van der Waals surface area (Å²) in [5.41, 5.74) is 9.07. The third-order valence-corrected chi connectivity index (χ3v) is 6.75. The molecule has 11 nitrogen and oxygen atoms in total. The van der Waals surface area contributed by atoms with Gasteiger partial charge in [-0.15, -0.1) is 11.3 Å². The van der Waals surface area contributed by atoms with Gasteiger partial charge < -0.3 is 19.9 Å². The first kappa shape index (κ1) is 26.7. The number of anilines is 1. The Balaban J connectivity index is 1.28. The fourth-order valence-electron chi connectivity index (χ4n) is 3.85. The fourth-order valence-corrected chi connectivity index (χ4v) is 4.84. The first-order chi connectivity index (χ1) is 19.2. The Morgan fingerprint density at radius 2 is 1.93 bits per heavy atom. The number of methoxy groups -OCH3 is 1. The molecule has 0 saturated heterocycles. The number of halogens is 1. The summed E-state index contributed by atoms with van der Waals surface area (Å²) < 4.78 is 31.7. The topological polar surface area (TPSA) is 151 Å². The summed E-state index contributed by atoms with van der Waals surface area (Å²) in [6.45, 7) is 3.46. The number of hydrogen-bond acceptors (Lipinski definition) is 10. The van der Waals surface area contributed by atoms with Crippen LogP contribution in [0.4, 0.5) is 14.9 Å². The number of nitrogens with one attached hydrogen (secondary N) is 1. The number of thiazole rings is 1. The number of carbonyl (C=O) groups is 2. The second kappa shape index (κ2) is 11.1. The molecule has 40 heavy (non-hydrogen) atoms. The number of aromatic nitrogens is 4. The lowest BCUT2D eigenvalue weighted by Crippen LogP contribution is -2.25. The van der Waals surface area contributed by atoms with E-state index in [-0.39, 0.29) is 18.1 Å². The molecule has 0 radical (unpaired) electrons. The molecule has 2 aromatic carbocycles. The number of nitrogens with zero attached hydrogens (tertiary/aromatic N) is 4. The van der Waals surface area contributed by atoms with Crippen molar-refractivity contribution in [3.8, 4) is 22.2 Å². The average Bonchev–Trinajstić information content (AvgIpc) is 3.33. The van der Waals surface area contributed by atoms with Crippen molar-refractivity contribution >= 4 is 50.3 Å². The van der Waals surface area contributed by atoms with Crippen molar-refractivity contribution in [1.82, 2.24) is 19.9 Å². The lowest BCUT2D eigenvalue weighted by Gasteiger charge is -2.15. The van der Waals surface area contributed by atoms with Gasteiger partial charge in [0.25, 0.3) is 5.91 Å². The Morgan fingerprint density at radius 3 is 2.65 bits per heavy atom. The van der Waals surface area contributed by atoms with Gasteiger partial charge in [-0.25, -0.2) is 29.1 Å². The summed E-state index contributed by atoms with van der Waals surface area (Å²) >= 11 is 1.37. The summed E-state index contributed by atoms with van der Waals surface area (Å²) in [5.74, 6) is -0.869. The number of hydrogen-bond donors (Lipinski definition) is 2. The summed E-state index contributed by atoms with van der Waals surface area (Å²) in [5, 5.41) is 3.14. The monoisotopic (exact) mass is 562 g/mol. The largest absolute Gasteiger partial charge is 0.487 e. The zero-order valence-electron chi connectivity index (χ0n) is 21.6. The number of rotatable bonds is 8. The van der Waals surface area contributed by atoms with Gasteiger partial charge in [0.05, 0.1) is 46.4 Å². The first-order valence-electron chi connectivity index (χ1n) is 12.0. The molecule has 13 heteroatoms. The average molecular weight is 563 g/mol. The van der Waals surface area contributed by atoms with Gasteiger partial charge in [0.15, 0.2) is 11.6 Å². The van der Waals surface area contributed by atoms with Crippen LogP contribution in [0.3, 0.4) is 0 Å². The van der Waals surface area contributed by atoms with Crippen LogP contribution in [0.5, 0.6) is 11.6 Å². The molecule has 0 aliphatic carbocycles. The quantitative estimate of drug-likeness (QED) is 0.270. The van der Waals surface area contributed by atoms with E-state index in [0.717, 1.165) is 11.1 Å². The van der Waals surface area contributed by atoms with Gasteiger partial charge in [0, 0.05) is 17.7 Å². The van der Waals surface area contributed by atoms with Crippen molar-refractivity contribution in [2.45, 2.75) is 20.0 Å². The van der Waals surface area contributed by atoms with Crippen LogP contribution in [0.25, 0.3) is 31.8 Å². The molecule has 0 bridgehead atoms. The highest BCUT2D eigenvalue weighted by molar-refractivity contribution is 7.21. The smallest absolute Gasteiger partial charge is 0.412 e. The minimum absolute atomic E-state index is 0.00317. The molecular weight excluding hydrogens is 539 g/mol. The number of pyridine rings is 1. The second-order valence-electron chi connectivity index (χ2n) is 8.81. The van der Waals surface area contributed by atoms with Crippen molar-refractivity contribution < 1.29 is 28.2 Å². The molecular formula is C27H23FN6O5S. The molecule has 0 saturated carbocycles. The normalized spacial score (nSPS) is 11.8. The number of nitrogens with two attached hydrogens (primary N) is 1. The van der Waals surface area contributed by atoms with Crippen LogP contribution in [0.15, 0.2) is 48.8 Å². The van der Waals surface area contributed by atoms with Crippen molar-refractivity contribution in [2.75, 3.05) is 19.0 Å². The lowest BCUT2D eigenvalue weighted by atomic mass is 10.1. The number of aryl methyl sites for hydroxylation is 1. The summed E-state index contributed by atoms with van der Waals surface area (Å²) in [6, 6.07) is 9.58. The van der Waals surface area contributed by atoms with E-state index in [1.54, 1.807) is 19.2 Å². The van der Waals surface area contributed by atoms with E-state index in [1.807, 2.05) is 19.1 Å². The number of carbonyl (C=O) groups excluding carboxylic acids is 2. The molecule has 0 fully saturated rings. The van der Waals surface area contributed by atoms with Crippen molar-refractivity contribution in [3.05, 3.63) is 65.9 Å². The van der Waals surface area contributed by atoms with Crippen molar-refractivity contribution in [1.29, 1.82) is 0 Å². The van der Waals surface area contributed by atoms with E-state index in [4.69, 9.17) is 19.9 Å². The van der Waals surface area contributed by atoms with E-state index in [1.165, 1.54) is 42.8 Å². The van der Waals surface area contributed by atoms with E-state index in [9.17, 15) is 14.0 Å². The third-order valence-electron chi connectivity index (χ3n) is 5.69. The highest BCUT2D eigenvalue weighted by Gasteiger charge is 2.17. The second-order valence-corrected chi connectivity index (χ2v) is 9.84. The van der Waals surface area contributed by atoms with Crippen LogP contribution >= 0.6 is 11.3 Å². The SMILES string of the molecule is COc1cnc2c(-c3nc4cc(F)c(OC[C@H](C)OC(=O)Nc5ccc(C(N)=O)nc5)cc4s3)cc(C)cc2n1. The summed E-state index contributed by atoms with van der Waals surface area (Å²) in [4.78, 5) is 40.7. The fraction of sp³-hybridized carbons (Fsp3) is 0.185. The summed E-state index contributed by atoms with van der Waals surface area (Å²) in [6.07, 6.45) is 1.34. The number of fused-ring (bicyclic) bond motifs is 2. The van der Waals surface area contributed by atoms with Crippen molar-refractivity contribution in [2.24, 2.45) is 5.73 Å². The Hall–Kier alpha value is -4.91. The zero-order valence-corrected chi connectivity index (χ0v) is 22.4. The number of benzene rings is 2. The van der Waals surface area contributed by atoms with Crippen LogP contribution in [0, 0.1) is 12.7 Å². The highest BCUT2D eigenvalue weighted by atomic mass is 32.1. The number of ether oxygens (including phenoxy) is 3. The minimum atomic E-state index is -0.765. The third kappa shape index (κ3) is 5.73. The molecule has 2 amide bonds. The van der Waals surface area contributed by atoms with Gasteiger partial charge >= 0.3 is 6.09 Å². The summed E-state index contributed by atoms with van der Waals surface area (Å²) in [7, 11) is 1.53. The molecule has 0 unspecified atom stereocenters. The van der Waals surface area contributed by atoms with Crippen LogP contribution in [0.1, 0.15) is 23.0 Å². The van der Waals surface area contributed by atoms with Gasteiger partial charge in [-0.05, 0) is 43.7 Å². The number of amides is 2. The van der Waals surface area contributed by atoms with E-state index in [2.05, 4.69) is 25.3 Å². The molecule has 1 atom stereocenters. The Bertz CT molecular complexity index is 1740. The van der Waals surface area contributed by atoms with Gasteiger partial charge in [-0.3, -0.25) is 10.1 Å². The standard InChI is InChI=1S/C27H23FN6O5S/c1-13-6-16(24-20(7-13)33-23(37-3)11-31-24)26-34-19-8-17(28)21(9-22(19)40-26)38-12-14(2)39-27(36)32-15-4-5-18(25(29)35)30-10-15/h4-11,14H,12H2,1-3H3,(H2,29,35)(H,32,36)/t14-/m0/s1. The van der Waals surface area contributed by atoms with Gasteiger partial charge in [0.1, 0.15) is 23.4 Å². The molecule has 3 N–H and O–H groups in total. The molecule has 3 aromatic heterocycles. The van der Waals surface area contributed by atoms with Crippen LogP contribution < -0.4 is 20.5 Å². The van der Waals surface area contributed by atoms with E-state index < -0.39 is 23.9 Å². The predicted octanol–water partition coefficient (Wildman–Crippen LogP) is 4.87. The molecule has 204 valence electrons. The van der Waals surface area contributed by atoms with Gasteiger partial charge in [-0.1, -0.05) is 0 Å². The van der Waals surface area contributed by atoms with Gasteiger partial charge in [-0.2, -0.15) is 0 Å². The maximum atomic E-state index is 14.9. The molecule has 0 spiro atoms. The number of primary amides is 1.